The second-order valence-corrected chi connectivity index (χ2v) is 7.36. The lowest BCUT2D eigenvalue weighted by molar-refractivity contribution is 0.0790. The van der Waals surface area contributed by atoms with E-state index < -0.39 is 14.7 Å². The van der Waals surface area contributed by atoms with Crippen LogP contribution in [0.2, 0.25) is 6.55 Å². The maximum absolute atomic E-state index is 9.35. The van der Waals surface area contributed by atoms with Crippen molar-refractivity contribution in [1.82, 2.24) is 0 Å². The van der Waals surface area contributed by atoms with E-state index in [1.165, 1.54) is 0 Å². The molecule has 0 radical (unpaired) electrons. The van der Waals surface area contributed by atoms with E-state index in [0.717, 1.165) is 5.19 Å². The fourth-order valence-electron chi connectivity index (χ4n) is 1.55. The number of ether oxygens (including phenoxy) is 1. The average Bonchev–Trinajstić information content (AvgIpc) is 2.38. The Kier molecular flexibility index (Phi) is 32.8. The molecule has 0 aliphatic heterocycles. The van der Waals surface area contributed by atoms with E-state index in [0.29, 0.717) is 13.2 Å². The van der Waals surface area contributed by atoms with E-state index in [1.54, 1.807) is 14.0 Å². The number of methoxy groups -OCH3 is 1. The van der Waals surface area contributed by atoms with Crippen LogP contribution in [0.25, 0.3) is 0 Å². The van der Waals surface area contributed by atoms with Gasteiger partial charge in [0.05, 0.1) is 25.9 Å². The molecule has 0 aromatic heterocycles. The summed E-state index contributed by atoms with van der Waals surface area (Å²) >= 11 is 0. The molecule has 0 amide bonds. The molecule has 0 bridgehead atoms. The molecule has 0 aliphatic rings. The van der Waals surface area contributed by atoms with Gasteiger partial charge in [-0.15, -0.1) is 0 Å². The summed E-state index contributed by atoms with van der Waals surface area (Å²) in [4.78, 5) is 0. The van der Waals surface area contributed by atoms with Crippen LogP contribution in [0.15, 0.2) is 30.3 Å². The molecule has 4 nitrogen and oxygen atoms in total. The predicted octanol–water partition coefficient (Wildman–Crippen LogP) is 4.84. The number of aliphatic hydroxyl groups is 1. The van der Waals surface area contributed by atoms with Crippen LogP contribution >= 0.6 is 0 Å². The summed E-state index contributed by atoms with van der Waals surface area (Å²) in [6, 6.07) is 9.89. The van der Waals surface area contributed by atoms with Gasteiger partial charge >= 0.3 is 8.56 Å². The SMILES string of the molecule is C.C.C.C.C.C.COCCO[Si](C)(OCC(C)O)c1ccccc1. The first kappa shape index (κ1) is 38.7. The van der Waals surface area contributed by atoms with Crippen LogP contribution in [0.3, 0.4) is 0 Å². The molecule has 150 valence electrons. The van der Waals surface area contributed by atoms with Crippen LogP contribution in [0.4, 0.5) is 0 Å². The molecular weight excluding hydrogens is 320 g/mol. The van der Waals surface area contributed by atoms with Gasteiger partial charge in [0, 0.05) is 7.11 Å². The normalized spacial score (nSPS) is 12.2. The van der Waals surface area contributed by atoms with Crippen molar-refractivity contribution >= 4 is 13.7 Å². The van der Waals surface area contributed by atoms with E-state index in [1.807, 2.05) is 36.9 Å². The van der Waals surface area contributed by atoms with Crippen LogP contribution in [0.1, 0.15) is 51.5 Å². The van der Waals surface area contributed by atoms with E-state index in [4.69, 9.17) is 13.6 Å². The highest BCUT2D eigenvalue weighted by Crippen LogP contribution is 2.09. The molecule has 1 rings (SSSR count). The second-order valence-electron chi connectivity index (χ2n) is 4.31. The van der Waals surface area contributed by atoms with Gasteiger partial charge in [-0.25, -0.2) is 0 Å². The average molecular weight is 367 g/mol. The lowest BCUT2D eigenvalue weighted by atomic mass is 10.4. The highest BCUT2D eigenvalue weighted by Gasteiger charge is 2.34. The van der Waals surface area contributed by atoms with Gasteiger partial charge in [-0.05, 0) is 18.7 Å². The molecule has 1 N–H and O–H groups in total. The third-order valence-corrected chi connectivity index (χ3v) is 5.42. The Morgan fingerprint density at radius 3 is 1.83 bits per heavy atom. The number of aliphatic hydroxyl groups excluding tert-OH is 1. The largest absolute Gasteiger partial charge is 0.391 e. The summed E-state index contributed by atoms with van der Waals surface area (Å²) in [5.74, 6) is 0. The Morgan fingerprint density at radius 2 is 1.42 bits per heavy atom. The summed E-state index contributed by atoms with van der Waals surface area (Å²) in [7, 11) is -0.825. The summed E-state index contributed by atoms with van der Waals surface area (Å²) in [5.41, 5.74) is 0. The van der Waals surface area contributed by atoms with Crippen LogP contribution in [0.5, 0.6) is 0 Å². The van der Waals surface area contributed by atoms with Gasteiger partial charge in [0.25, 0.3) is 0 Å². The van der Waals surface area contributed by atoms with Crippen molar-refractivity contribution in [1.29, 1.82) is 0 Å². The van der Waals surface area contributed by atoms with Gasteiger partial charge in [-0.2, -0.15) is 0 Å². The third kappa shape index (κ3) is 13.7. The smallest absolute Gasteiger partial charge is 0.369 e. The Bertz CT molecular complexity index is 333. The number of hydrogen-bond acceptors (Lipinski definition) is 4. The fraction of sp³-hybridized carbons (Fsp3) is 0.684. The maximum atomic E-state index is 9.35. The van der Waals surface area contributed by atoms with Crippen molar-refractivity contribution in [2.24, 2.45) is 0 Å². The Balaban J connectivity index is -0.000000135. The molecule has 5 heteroatoms. The molecule has 0 fully saturated rings. The van der Waals surface area contributed by atoms with Crippen molar-refractivity contribution in [3.8, 4) is 0 Å². The molecule has 2 unspecified atom stereocenters. The highest BCUT2D eigenvalue weighted by molar-refractivity contribution is 6.79. The first-order valence-electron chi connectivity index (χ1n) is 6.09. The first-order valence-corrected chi connectivity index (χ1v) is 8.40. The minimum Gasteiger partial charge on any atom is -0.391 e. The molecule has 0 saturated carbocycles. The van der Waals surface area contributed by atoms with Gasteiger partial charge < -0.3 is 18.7 Å². The number of rotatable bonds is 8. The minimum atomic E-state index is -2.47. The van der Waals surface area contributed by atoms with Gasteiger partial charge in [0.1, 0.15) is 0 Å². The first-order chi connectivity index (χ1) is 8.58. The van der Waals surface area contributed by atoms with Crippen molar-refractivity contribution in [2.45, 2.75) is 64.1 Å². The van der Waals surface area contributed by atoms with E-state index in [2.05, 4.69) is 0 Å². The van der Waals surface area contributed by atoms with Crippen molar-refractivity contribution in [2.75, 3.05) is 26.9 Å². The fourth-order valence-corrected chi connectivity index (χ4v) is 3.80. The van der Waals surface area contributed by atoms with E-state index >= 15 is 0 Å². The topological polar surface area (TPSA) is 47.9 Å². The summed E-state index contributed by atoms with van der Waals surface area (Å²) < 4.78 is 16.7. The molecule has 0 aliphatic carbocycles. The Morgan fingerprint density at radius 1 is 0.917 bits per heavy atom. The second kappa shape index (κ2) is 20.3. The Hall–Kier alpha value is -0.723. The summed E-state index contributed by atoms with van der Waals surface area (Å²) in [5, 5.41) is 10.4. The summed E-state index contributed by atoms with van der Waals surface area (Å²) in [6.07, 6.45) is -0.494. The third-order valence-electron chi connectivity index (χ3n) is 2.56. The van der Waals surface area contributed by atoms with Crippen molar-refractivity contribution in [3.63, 3.8) is 0 Å². The van der Waals surface area contributed by atoms with E-state index in [9.17, 15) is 5.11 Å². The van der Waals surface area contributed by atoms with Gasteiger partial charge in [-0.3, -0.25) is 0 Å². The number of hydrogen-bond donors (Lipinski definition) is 1. The maximum Gasteiger partial charge on any atom is 0.369 e. The molecule has 2 atom stereocenters. The van der Waals surface area contributed by atoms with Crippen LogP contribution in [-0.2, 0) is 13.6 Å². The monoisotopic (exact) mass is 366 g/mol. The zero-order valence-corrected chi connectivity index (χ0v) is 12.3. The van der Waals surface area contributed by atoms with Crippen LogP contribution < -0.4 is 5.19 Å². The molecule has 24 heavy (non-hydrogen) atoms. The van der Waals surface area contributed by atoms with Crippen molar-refractivity contribution < 1.29 is 18.7 Å². The zero-order chi connectivity index (χ0) is 13.4. The molecule has 0 heterocycles. The van der Waals surface area contributed by atoms with Gasteiger partial charge in [-0.1, -0.05) is 74.9 Å². The number of benzene rings is 1. The Labute approximate surface area is 154 Å². The van der Waals surface area contributed by atoms with Gasteiger partial charge in [0.2, 0.25) is 0 Å². The minimum absolute atomic E-state index is 0. The van der Waals surface area contributed by atoms with Crippen LogP contribution in [-0.4, -0.2) is 46.7 Å². The van der Waals surface area contributed by atoms with Crippen LogP contribution in [0, 0.1) is 0 Å². The zero-order valence-electron chi connectivity index (χ0n) is 11.3. The highest BCUT2D eigenvalue weighted by atomic mass is 28.4. The van der Waals surface area contributed by atoms with Crippen molar-refractivity contribution in [3.05, 3.63) is 30.3 Å². The summed E-state index contributed by atoms with van der Waals surface area (Å²) in [6.45, 7) is 5.00. The molecular formula is C19H46O4Si. The molecule has 0 spiro atoms. The van der Waals surface area contributed by atoms with E-state index in [-0.39, 0.29) is 51.2 Å². The molecule has 0 saturated heterocycles. The predicted molar refractivity (Wildman–Crippen MR) is 114 cm³/mol. The standard InChI is InChI=1S/C13H22O4Si.6CH4/c1-12(14)11-17-18(3,16-10-9-15-2)13-7-5-4-6-8-13;;;;;;/h4-8,12,14H,9-11H2,1-3H3;6*1H4. The molecule has 1 aromatic carbocycles. The molecule has 1 aromatic rings. The quantitative estimate of drug-likeness (QED) is 0.528. The lowest BCUT2D eigenvalue weighted by Crippen LogP contribution is -2.52. The lowest BCUT2D eigenvalue weighted by Gasteiger charge is -2.28. The van der Waals surface area contributed by atoms with Gasteiger partial charge in [0.15, 0.2) is 0 Å².